The second kappa shape index (κ2) is 6.27. The van der Waals surface area contributed by atoms with Crippen molar-refractivity contribution in [3.8, 4) is 0 Å². The van der Waals surface area contributed by atoms with Crippen LogP contribution in [-0.4, -0.2) is 34.3 Å². The molecule has 0 radical (unpaired) electrons. The Kier molecular flexibility index (Phi) is 4.68. The topological polar surface area (TPSA) is 57.0 Å². The second-order valence-electron chi connectivity index (χ2n) is 3.75. The van der Waals surface area contributed by atoms with Gasteiger partial charge in [-0.3, -0.25) is 14.5 Å². The van der Waals surface area contributed by atoms with Crippen LogP contribution in [0.4, 0.5) is 0 Å². The van der Waals surface area contributed by atoms with Crippen molar-refractivity contribution >= 4 is 33.3 Å². The van der Waals surface area contributed by atoms with E-state index in [0.717, 1.165) is 4.47 Å². The summed E-state index contributed by atoms with van der Waals surface area (Å²) in [6, 6.07) is 3.39. The number of carbonyl (C=O) groups is 1. The van der Waals surface area contributed by atoms with Crippen molar-refractivity contribution in [3.05, 3.63) is 45.4 Å². The van der Waals surface area contributed by atoms with Gasteiger partial charge >= 0.3 is 0 Å². The Morgan fingerprint density at radius 3 is 2.89 bits per heavy atom. The largest absolute Gasteiger partial charge is 0.383 e. The summed E-state index contributed by atoms with van der Waals surface area (Å²) in [5, 5.41) is 4.38. The Balaban J connectivity index is 2.32. The SMILES string of the molecule is COCCn1ncc(Cl)c1C(=O)c1ccc(Br)cn1. The molecule has 2 aromatic rings. The van der Waals surface area contributed by atoms with Gasteiger partial charge in [0.25, 0.3) is 0 Å². The molecule has 100 valence electrons. The summed E-state index contributed by atoms with van der Waals surface area (Å²) < 4.78 is 7.31. The maximum Gasteiger partial charge on any atom is 0.230 e. The van der Waals surface area contributed by atoms with Gasteiger partial charge < -0.3 is 4.74 Å². The highest BCUT2D eigenvalue weighted by atomic mass is 79.9. The first-order valence-electron chi connectivity index (χ1n) is 5.50. The predicted molar refractivity (Wildman–Crippen MR) is 74.5 cm³/mol. The highest BCUT2D eigenvalue weighted by Crippen LogP contribution is 2.19. The molecule has 0 spiro atoms. The van der Waals surface area contributed by atoms with E-state index in [1.807, 2.05) is 0 Å². The molecule has 2 aromatic heterocycles. The number of nitrogens with zero attached hydrogens (tertiary/aromatic N) is 3. The van der Waals surface area contributed by atoms with Crippen molar-refractivity contribution in [1.82, 2.24) is 14.8 Å². The molecule has 2 heterocycles. The van der Waals surface area contributed by atoms with Gasteiger partial charge in [-0.2, -0.15) is 5.10 Å². The molecular weight excluding hydrogens is 334 g/mol. The first kappa shape index (κ1) is 14.2. The lowest BCUT2D eigenvalue weighted by molar-refractivity contribution is 0.102. The molecule has 19 heavy (non-hydrogen) atoms. The molecule has 0 aliphatic heterocycles. The smallest absolute Gasteiger partial charge is 0.230 e. The number of ether oxygens (including phenoxy) is 1. The average molecular weight is 345 g/mol. The summed E-state index contributed by atoms with van der Waals surface area (Å²) in [7, 11) is 1.59. The number of ketones is 1. The first-order valence-corrected chi connectivity index (χ1v) is 6.67. The molecule has 2 rings (SSSR count). The van der Waals surface area contributed by atoms with Crippen molar-refractivity contribution in [2.75, 3.05) is 13.7 Å². The van der Waals surface area contributed by atoms with Crippen molar-refractivity contribution in [1.29, 1.82) is 0 Å². The molecule has 7 heteroatoms. The molecule has 0 saturated heterocycles. The van der Waals surface area contributed by atoms with E-state index in [1.54, 1.807) is 25.4 Å². The van der Waals surface area contributed by atoms with Gasteiger partial charge in [0.15, 0.2) is 0 Å². The maximum atomic E-state index is 12.4. The third-order valence-corrected chi connectivity index (χ3v) is 3.22. The predicted octanol–water partition coefficient (Wildman–Crippen LogP) is 2.57. The minimum Gasteiger partial charge on any atom is -0.383 e. The average Bonchev–Trinajstić information content (AvgIpc) is 2.77. The van der Waals surface area contributed by atoms with Crippen LogP contribution in [0.25, 0.3) is 0 Å². The van der Waals surface area contributed by atoms with Gasteiger partial charge in [0, 0.05) is 17.8 Å². The van der Waals surface area contributed by atoms with E-state index in [0.29, 0.717) is 29.6 Å². The Morgan fingerprint density at radius 1 is 1.47 bits per heavy atom. The lowest BCUT2D eigenvalue weighted by Gasteiger charge is -2.06. The zero-order valence-corrected chi connectivity index (χ0v) is 12.5. The van der Waals surface area contributed by atoms with E-state index in [9.17, 15) is 4.79 Å². The molecule has 0 N–H and O–H groups in total. The molecular formula is C12H11BrClN3O2. The Morgan fingerprint density at radius 2 is 2.26 bits per heavy atom. The monoisotopic (exact) mass is 343 g/mol. The number of rotatable bonds is 5. The number of hydrogen-bond donors (Lipinski definition) is 0. The molecule has 0 saturated carbocycles. The normalized spacial score (nSPS) is 10.7. The van der Waals surface area contributed by atoms with Crippen molar-refractivity contribution in [2.45, 2.75) is 6.54 Å². The fourth-order valence-corrected chi connectivity index (χ4v) is 2.03. The van der Waals surface area contributed by atoms with Crippen LogP contribution < -0.4 is 0 Å². The van der Waals surface area contributed by atoms with Gasteiger partial charge in [-0.1, -0.05) is 11.6 Å². The Hall–Kier alpha value is -1.24. The van der Waals surface area contributed by atoms with E-state index < -0.39 is 0 Å². The first-order chi connectivity index (χ1) is 9.13. The van der Waals surface area contributed by atoms with E-state index in [1.165, 1.54) is 10.9 Å². The van der Waals surface area contributed by atoms with Crippen LogP contribution >= 0.6 is 27.5 Å². The highest BCUT2D eigenvalue weighted by Gasteiger charge is 2.20. The number of halogens is 2. The van der Waals surface area contributed by atoms with Gasteiger partial charge in [0.1, 0.15) is 11.4 Å². The number of methoxy groups -OCH3 is 1. The Bertz CT molecular complexity index is 583. The molecule has 0 atom stereocenters. The van der Waals surface area contributed by atoms with Gasteiger partial charge in [-0.15, -0.1) is 0 Å². The Labute approximate surface area is 123 Å². The number of carbonyl (C=O) groups excluding carboxylic acids is 1. The standard InChI is InChI=1S/C12H11BrClN3O2/c1-19-5-4-17-11(9(14)7-16-17)12(18)10-3-2-8(13)6-15-10/h2-3,6-7H,4-5H2,1H3. The zero-order valence-electron chi connectivity index (χ0n) is 10.1. The summed E-state index contributed by atoms with van der Waals surface area (Å²) in [5.41, 5.74) is 0.651. The summed E-state index contributed by atoms with van der Waals surface area (Å²) in [4.78, 5) is 16.4. The lowest BCUT2D eigenvalue weighted by Crippen LogP contribution is -2.15. The number of aromatic nitrogens is 3. The number of pyridine rings is 1. The van der Waals surface area contributed by atoms with E-state index in [2.05, 4.69) is 26.0 Å². The fourth-order valence-electron chi connectivity index (χ4n) is 1.57. The van der Waals surface area contributed by atoms with Gasteiger partial charge in [-0.05, 0) is 28.1 Å². The third kappa shape index (κ3) is 3.20. The summed E-state index contributed by atoms with van der Waals surface area (Å²) in [6.45, 7) is 0.910. The highest BCUT2D eigenvalue weighted by molar-refractivity contribution is 9.10. The second-order valence-corrected chi connectivity index (χ2v) is 5.07. The van der Waals surface area contributed by atoms with Crippen LogP contribution in [0.1, 0.15) is 16.2 Å². The molecule has 0 amide bonds. The van der Waals surface area contributed by atoms with Crippen LogP contribution in [-0.2, 0) is 11.3 Å². The van der Waals surface area contributed by atoms with Crippen LogP contribution in [0, 0.1) is 0 Å². The number of hydrogen-bond acceptors (Lipinski definition) is 4. The van der Waals surface area contributed by atoms with Crippen LogP contribution in [0.15, 0.2) is 29.0 Å². The van der Waals surface area contributed by atoms with Crippen LogP contribution in [0.5, 0.6) is 0 Å². The third-order valence-electron chi connectivity index (χ3n) is 2.48. The van der Waals surface area contributed by atoms with Gasteiger partial charge in [0.2, 0.25) is 5.78 Å². The molecule has 0 unspecified atom stereocenters. The van der Waals surface area contributed by atoms with Gasteiger partial charge in [-0.25, -0.2) is 0 Å². The van der Waals surface area contributed by atoms with Gasteiger partial charge in [0.05, 0.1) is 24.4 Å². The maximum absolute atomic E-state index is 12.4. The molecule has 5 nitrogen and oxygen atoms in total. The minimum absolute atomic E-state index is 0.258. The summed E-state index contributed by atoms with van der Waals surface area (Å²) >= 11 is 9.29. The van der Waals surface area contributed by atoms with Crippen LogP contribution in [0.2, 0.25) is 5.02 Å². The molecule has 0 aromatic carbocycles. The summed E-state index contributed by atoms with van der Waals surface area (Å²) in [5.74, 6) is -0.258. The van der Waals surface area contributed by atoms with Crippen molar-refractivity contribution < 1.29 is 9.53 Å². The fraction of sp³-hybridized carbons (Fsp3) is 0.250. The van der Waals surface area contributed by atoms with Crippen LogP contribution in [0.3, 0.4) is 0 Å². The van der Waals surface area contributed by atoms with E-state index in [-0.39, 0.29) is 5.78 Å². The molecule has 0 aliphatic carbocycles. The lowest BCUT2D eigenvalue weighted by atomic mass is 10.2. The van der Waals surface area contributed by atoms with E-state index >= 15 is 0 Å². The van der Waals surface area contributed by atoms with Crippen molar-refractivity contribution in [3.63, 3.8) is 0 Å². The summed E-state index contributed by atoms with van der Waals surface area (Å²) in [6.07, 6.45) is 3.01. The molecule has 0 bridgehead atoms. The zero-order chi connectivity index (χ0) is 13.8. The molecule has 0 fully saturated rings. The molecule has 0 aliphatic rings. The van der Waals surface area contributed by atoms with Crippen molar-refractivity contribution in [2.24, 2.45) is 0 Å². The minimum atomic E-state index is -0.258. The quantitative estimate of drug-likeness (QED) is 0.782. The van der Waals surface area contributed by atoms with E-state index in [4.69, 9.17) is 16.3 Å².